The second kappa shape index (κ2) is 9.99. The second-order valence-corrected chi connectivity index (χ2v) is 7.95. The smallest absolute Gasteiger partial charge is 0.407 e. The molecule has 4 rings (SSSR count). The number of benzene rings is 1. The van der Waals surface area contributed by atoms with Gasteiger partial charge in [0, 0.05) is 38.6 Å². The third-order valence-corrected chi connectivity index (χ3v) is 5.68. The van der Waals surface area contributed by atoms with Crippen molar-refractivity contribution in [1.29, 1.82) is 0 Å². The monoisotopic (exact) mass is 446 g/mol. The zero-order chi connectivity index (χ0) is 22.5. The number of hydrogen-bond acceptors (Lipinski definition) is 7. The Morgan fingerprint density at radius 1 is 1.31 bits per heavy atom. The van der Waals surface area contributed by atoms with Crippen LogP contribution in [0.1, 0.15) is 31.2 Å². The van der Waals surface area contributed by atoms with E-state index in [2.05, 4.69) is 15.3 Å². The van der Waals surface area contributed by atoms with Crippen LogP contribution in [0.2, 0.25) is 0 Å². The molecule has 9 nitrogen and oxygen atoms in total. The van der Waals surface area contributed by atoms with E-state index in [9.17, 15) is 9.18 Å². The fraction of sp³-hybridized carbons (Fsp3) is 0.500. The van der Waals surface area contributed by atoms with E-state index in [1.54, 1.807) is 19.1 Å². The Hall–Kier alpha value is -3.14. The van der Waals surface area contributed by atoms with Crippen molar-refractivity contribution in [3.63, 3.8) is 0 Å². The van der Waals surface area contributed by atoms with Gasteiger partial charge >= 0.3 is 6.09 Å². The molecule has 1 amide bonds. The van der Waals surface area contributed by atoms with Crippen molar-refractivity contribution < 1.29 is 28.5 Å². The highest BCUT2D eigenvalue weighted by Gasteiger charge is 2.24. The Morgan fingerprint density at radius 2 is 2.12 bits per heavy atom. The normalized spacial score (nSPS) is 19.1. The summed E-state index contributed by atoms with van der Waals surface area (Å²) in [6, 6.07) is 4.63. The van der Waals surface area contributed by atoms with Crippen LogP contribution in [0.3, 0.4) is 0 Å². The number of hydrogen-bond donors (Lipinski definition) is 2. The molecule has 10 heteroatoms. The average Bonchev–Trinajstić information content (AvgIpc) is 3.31. The molecule has 0 radical (unpaired) electrons. The molecule has 172 valence electrons. The number of carboxylic acid groups (broad SMARTS) is 1. The quantitative estimate of drug-likeness (QED) is 0.663. The second-order valence-electron chi connectivity index (χ2n) is 7.95. The molecule has 0 aliphatic carbocycles. The molecule has 2 N–H and O–H groups in total. The van der Waals surface area contributed by atoms with E-state index in [0.717, 1.165) is 19.4 Å². The predicted octanol–water partition coefficient (Wildman–Crippen LogP) is 3.75. The molecule has 1 atom stereocenters. The third kappa shape index (κ3) is 5.37. The van der Waals surface area contributed by atoms with Gasteiger partial charge in [-0.05, 0) is 31.9 Å². The van der Waals surface area contributed by atoms with Crippen molar-refractivity contribution in [3.05, 3.63) is 35.9 Å². The van der Waals surface area contributed by atoms with E-state index in [1.165, 1.54) is 17.3 Å². The van der Waals surface area contributed by atoms with Gasteiger partial charge in [-0.2, -0.15) is 0 Å². The first-order valence-corrected chi connectivity index (χ1v) is 10.8. The van der Waals surface area contributed by atoms with Crippen molar-refractivity contribution >= 4 is 17.6 Å². The minimum Gasteiger partial charge on any atom is -0.491 e. The Bertz CT molecular complexity index is 946. The Labute approximate surface area is 185 Å². The van der Waals surface area contributed by atoms with Gasteiger partial charge in [-0.15, -0.1) is 0 Å². The van der Waals surface area contributed by atoms with Gasteiger partial charge in [0.2, 0.25) is 5.88 Å². The predicted molar refractivity (Wildman–Crippen MR) is 114 cm³/mol. The molecular weight excluding hydrogens is 419 g/mol. The molecule has 2 fully saturated rings. The lowest BCUT2D eigenvalue weighted by Crippen LogP contribution is -2.41. The topological polar surface area (TPSA) is 106 Å². The maximum Gasteiger partial charge on any atom is 0.407 e. The van der Waals surface area contributed by atoms with Gasteiger partial charge in [0.1, 0.15) is 36.4 Å². The molecule has 0 bridgehead atoms. The Balaban J connectivity index is 1.37. The van der Waals surface area contributed by atoms with Crippen molar-refractivity contribution in [3.8, 4) is 11.6 Å². The summed E-state index contributed by atoms with van der Waals surface area (Å²) in [6.07, 6.45) is 3.51. The van der Waals surface area contributed by atoms with Crippen molar-refractivity contribution in [2.75, 3.05) is 31.6 Å². The van der Waals surface area contributed by atoms with Crippen LogP contribution in [0.25, 0.3) is 0 Å². The van der Waals surface area contributed by atoms with E-state index in [0.29, 0.717) is 55.5 Å². The summed E-state index contributed by atoms with van der Waals surface area (Å²) in [6.45, 7) is 3.78. The molecule has 0 saturated carbocycles. The van der Waals surface area contributed by atoms with Crippen molar-refractivity contribution in [2.45, 2.75) is 44.8 Å². The van der Waals surface area contributed by atoms with Crippen LogP contribution in [0, 0.1) is 12.7 Å². The van der Waals surface area contributed by atoms with Crippen LogP contribution in [-0.2, 0) is 4.74 Å². The maximum absolute atomic E-state index is 14.6. The van der Waals surface area contributed by atoms with Gasteiger partial charge < -0.3 is 29.5 Å². The first kappa shape index (κ1) is 22.1. The van der Waals surface area contributed by atoms with Gasteiger partial charge in [-0.25, -0.2) is 19.2 Å². The van der Waals surface area contributed by atoms with Gasteiger partial charge in [0.05, 0.1) is 17.4 Å². The minimum absolute atomic E-state index is 0.0642. The molecule has 0 spiro atoms. The average molecular weight is 446 g/mol. The van der Waals surface area contributed by atoms with Crippen LogP contribution < -0.4 is 14.8 Å². The third-order valence-electron chi connectivity index (χ3n) is 5.68. The highest BCUT2D eigenvalue weighted by Crippen LogP contribution is 2.29. The van der Waals surface area contributed by atoms with Crippen molar-refractivity contribution in [2.24, 2.45) is 0 Å². The summed E-state index contributed by atoms with van der Waals surface area (Å²) in [4.78, 5) is 20.8. The van der Waals surface area contributed by atoms with E-state index in [4.69, 9.17) is 19.3 Å². The van der Waals surface area contributed by atoms with E-state index >= 15 is 0 Å². The van der Waals surface area contributed by atoms with Crippen LogP contribution >= 0.6 is 0 Å². The van der Waals surface area contributed by atoms with Crippen LogP contribution in [0.15, 0.2) is 24.5 Å². The number of anilines is 2. The number of nitrogens with zero attached hydrogens (tertiary/aromatic N) is 3. The highest BCUT2D eigenvalue weighted by molar-refractivity contribution is 5.65. The highest BCUT2D eigenvalue weighted by atomic mass is 19.1. The molecule has 2 aliphatic rings. The SMILES string of the molecule is Cc1c(Nc2ccc(OCC3CCCO3)cc2F)ncnc1OC1CCN(C(=O)O)CC1. The summed E-state index contributed by atoms with van der Waals surface area (Å²) in [5, 5.41) is 12.1. The molecule has 3 heterocycles. The number of rotatable bonds is 7. The van der Waals surface area contributed by atoms with Crippen molar-refractivity contribution in [1.82, 2.24) is 14.9 Å². The molecule has 32 heavy (non-hydrogen) atoms. The van der Waals surface area contributed by atoms with Gasteiger partial charge in [-0.1, -0.05) is 0 Å². The molecule has 2 aliphatic heterocycles. The van der Waals surface area contributed by atoms with E-state index < -0.39 is 11.9 Å². The zero-order valence-electron chi connectivity index (χ0n) is 17.9. The lowest BCUT2D eigenvalue weighted by molar-refractivity contribution is 0.0678. The summed E-state index contributed by atoms with van der Waals surface area (Å²) in [7, 11) is 0. The number of halogens is 1. The van der Waals surface area contributed by atoms with Gasteiger partial charge in [0.25, 0.3) is 0 Å². The largest absolute Gasteiger partial charge is 0.491 e. The van der Waals surface area contributed by atoms with Gasteiger partial charge in [-0.3, -0.25) is 0 Å². The first-order chi connectivity index (χ1) is 15.5. The fourth-order valence-corrected chi connectivity index (χ4v) is 3.78. The lowest BCUT2D eigenvalue weighted by atomic mass is 10.1. The standard InChI is InChI=1S/C22H27FN4O5/c1-14-20(24-13-25-21(14)32-15-6-8-27(9-7-15)22(28)29)26-19-5-4-16(11-18(19)23)31-12-17-3-2-10-30-17/h4-5,11,13,15,17H,2-3,6-10,12H2,1H3,(H,28,29)(H,24,25,26). The molecule has 1 aromatic heterocycles. The Morgan fingerprint density at radius 3 is 2.81 bits per heavy atom. The summed E-state index contributed by atoms with van der Waals surface area (Å²) in [5.41, 5.74) is 0.906. The maximum atomic E-state index is 14.6. The van der Waals surface area contributed by atoms with E-state index in [-0.39, 0.29) is 17.9 Å². The molecular formula is C22H27FN4O5. The summed E-state index contributed by atoms with van der Waals surface area (Å²) < 4.78 is 31.8. The van der Waals surface area contributed by atoms with Crippen LogP contribution in [0.5, 0.6) is 11.6 Å². The number of nitrogens with one attached hydrogen (secondary N) is 1. The number of amides is 1. The summed E-state index contributed by atoms with van der Waals surface area (Å²) in [5.74, 6) is 0.814. The number of aromatic nitrogens is 2. The molecule has 2 aromatic rings. The molecule has 2 saturated heterocycles. The fourth-order valence-electron chi connectivity index (χ4n) is 3.78. The Kier molecular flexibility index (Phi) is 6.89. The van der Waals surface area contributed by atoms with Crippen LogP contribution in [-0.4, -0.2) is 64.6 Å². The molecule has 1 aromatic carbocycles. The number of carbonyl (C=O) groups is 1. The number of piperidine rings is 1. The first-order valence-electron chi connectivity index (χ1n) is 10.8. The summed E-state index contributed by atoms with van der Waals surface area (Å²) >= 11 is 0. The number of likely N-dealkylation sites (tertiary alicyclic amines) is 1. The number of ether oxygens (including phenoxy) is 3. The lowest BCUT2D eigenvalue weighted by Gasteiger charge is -2.30. The molecule has 1 unspecified atom stereocenters. The zero-order valence-corrected chi connectivity index (χ0v) is 17.9. The van der Waals surface area contributed by atoms with Crippen LogP contribution in [0.4, 0.5) is 20.7 Å². The van der Waals surface area contributed by atoms with Gasteiger partial charge in [0.15, 0.2) is 0 Å². The minimum atomic E-state index is -0.918. The van der Waals surface area contributed by atoms with E-state index in [1.807, 2.05) is 0 Å².